The molecule has 1 heterocycles. The van der Waals surface area contributed by atoms with E-state index in [9.17, 15) is 9.59 Å². The predicted molar refractivity (Wildman–Crippen MR) is 57.9 cm³/mol. The molecule has 0 aromatic rings. The van der Waals surface area contributed by atoms with Gasteiger partial charge in [-0.15, -0.1) is 6.42 Å². The summed E-state index contributed by atoms with van der Waals surface area (Å²) in [5.74, 6) is 2.34. The Kier molecular flexibility index (Phi) is 4.36. The zero-order chi connectivity index (χ0) is 11.3. The Morgan fingerprint density at radius 2 is 1.87 bits per heavy atom. The summed E-state index contributed by atoms with van der Waals surface area (Å²) in [5, 5.41) is 0. The van der Waals surface area contributed by atoms with Gasteiger partial charge in [0.15, 0.2) is 0 Å². The quantitative estimate of drug-likeness (QED) is 0.522. The third kappa shape index (κ3) is 2.82. The van der Waals surface area contributed by atoms with Crippen LogP contribution in [0.4, 0.5) is 0 Å². The number of hydrogen-bond donors (Lipinski definition) is 0. The average molecular weight is 207 g/mol. The number of carbonyl (C=O) groups excluding carboxylic acids is 2. The molecule has 0 N–H and O–H groups in total. The lowest BCUT2D eigenvalue weighted by molar-refractivity contribution is -0.145. The van der Waals surface area contributed by atoms with Crippen LogP contribution in [0.25, 0.3) is 0 Å². The van der Waals surface area contributed by atoms with Gasteiger partial charge in [0.2, 0.25) is 11.8 Å². The van der Waals surface area contributed by atoms with E-state index in [1.807, 2.05) is 6.92 Å². The summed E-state index contributed by atoms with van der Waals surface area (Å²) in [6, 6.07) is -0.340. The maximum absolute atomic E-state index is 11.7. The normalized spacial score (nSPS) is 19.6. The van der Waals surface area contributed by atoms with Crippen molar-refractivity contribution in [2.24, 2.45) is 0 Å². The Hall–Kier alpha value is -1.30. The van der Waals surface area contributed by atoms with Crippen molar-refractivity contribution in [3.05, 3.63) is 0 Å². The molecule has 1 saturated heterocycles. The number of terminal acetylenes is 1. The van der Waals surface area contributed by atoms with E-state index >= 15 is 0 Å². The van der Waals surface area contributed by atoms with Gasteiger partial charge in [0, 0.05) is 12.8 Å². The largest absolute Gasteiger partial charge is 0.274 e. The zero-order valence-electron chi connectivity index (χ0n) is 9.16. The standard InChI is InChI=1S/C12H17NO2/c1-3-7-10(4-2)13-11(14)8-5-6-9-12(13)15/h2,10H,3,5-9H2,1H3. The molecule has 0 spiro atoms. The van der Waals surface area contributed by atoms with Gasteiger partial charge in [0.25, 0.3) is 0 Å². The molecule has 2 amide bonds. The van der Waals surface area contributed by atoms with Crippen LogP contribution in [-0.4, -0.2) is 22.8 Å². The first-order chi connectivity index (χ1) is 7.20. The molecule has 0 aromatic carbocycles. The van der Waals surface area contributed by atoms with Crippen LogP contribution in [0, 0.1) is 12.3 Å². The van der Waals surface area contributed by atoms with Gasteiger partial charge in [-0.05, 0) is 19.3 Å². The topological polar surface area (TPSA) is 37.4 Å². The molecular weight excluding hydrogens is 190 g/mol. The zero-order valence-corrected chi connectivity index (χ0v) is 9.16. The minimum Gasteiger partial charge on any atom is -0.274 e. The van der Waals surface area contributed by atoms with E-state index < -0.39 is 0 Å². The second kappa shape index (κ2) is 5.55. The summed E-state index contributed by atoms with van der Waals surface area (Å²) < 4.78 is 0. The van der Waals surface area contributed by atoms with Crippen LogP contribution < -0.4 is 0 Å². The molecule has 82 valence electrons. The molecule has 1 aliphatic rings. The molecular formula is C12H17NO2. The molecule has 0 radical (unpaired) electrons. The number of nitrogens with zero attached hydrogens (tertiary/aromatic N) is 1. The second-order valence-corrected chi connectivity index (χ2v) is 3.84. The Balaban J connectivity index is 2.81. The van der Waals surface area contributed by atoms with Crippen molar-refractivity contribution in [2.45, 2.75) is 51.5 Å². The first kappa shape index (κ1) is 11.8. The van der Waals surface area contributed by atoms with E-state index in [1.165, 1.54) is 4.90 Å². The van der Waals surface area contributed by atoms with Crippen molar-refractivity contribution in [2.75, 3.05) is 0 Å². The fourth-order valence-electron chi connectivity index (χ4n) is 1.84. The maximum Gasteiger partial charge on any atom is 0.230 e. The summed E-state index contributed by atoms with van der Waals surface area (Å²) >= 11 is 0. The number of hydrogen-bond acceptors (Lipinski definition) is 2. The monoisotopic (exact) mass is 207 g/mol. The highest BCUT2D eigenvalue weighted by molar-refractivity contribution is 5.96. The van der Waals surface area contributed by atoms with Crippen LogP contribution in [0.2, 0.25) is 0 Å². The van der Waals surface area contributed by atoms with Gasteiger partial charge in [-0.2, -0.15) is 0 Å². The fraction of sp³-hybridized carbons (Fsp3) is 0.667. The van der Waals surface area contributed by atoms with Crippen molar-refractivity contribution in [1.82, 2.24) is 4.90 Å². The van der Waals surface area contributed by atoms with Crippen LogP contribution in [0.5, 0.6) is 0 Å². The molecule has 0 saturated carbocycles. The number of rotatable bonds is 3. The third-order valence-corrected chi connectivity index (χ3v) is 2.63. The molecule has 3 nitrogen and oxygen atoms in total. The number of imide groups is 1. The van der Waals surface area contributed by atoms with E-state index in [2.05, 4.69) is 5.92 Å². The van der Waals surface area contributed by atoms with E-state index in [0.717, 1.165) is 19.3 Å². The first-order valence-electron chi connectivity index (χ1n) is 5.51. The first-order valence-corrected chi connectivity index (χ1v) is 5.51. The highest BCUT2D eigenvalue weighted by Crippen LogP contribution is 2.17. The molecule has 0 bridgehead atoms. The molecule has 1 aliphatic heterocycles. The van der Waals surface area contributed by atoms with E-state index in [0.29, 0.717) is 19.3 Å². The van der Waals surface area contributed by atoms with Crippen molar-refractivity contribution < 1.29 is 9.59 Å². The van der Waals surface area contributed by atoms with E-state index in [1.54, 1.807) is 0 Å². The number of likely N-dealkylation sites (tertiary alicyclic amines) is 1. The van der Waals surface area contributed by atoms with Crippen LogP contribution in [0.1, 0.15) is 45.4 Å². The summed E-state index contributed by atoms with van der Waals surface area (Å²) in [6.45, 7) is 2.00. The van der Waals surface area contributed by atoms with Crippen LogP contribution in [0.3, 0.4) is 0 Å². The molecule has 0 aliphatic carbocycles. The highest BCUT2D eigenvalue weighted by Gasteiger charge is 2.29. The lowest BCUT2D eigenvalue weighted by atomic mass is 10.1. The number of carbonyl (C=O) groups is 2. The van der Waals surface area contributed by atoms with Gasteiger partial charge in [-0.25, -0.2) is 0 Å². The van der Waals surface area contributed by atoms with Crippen LogP contribution >= 0.6 is 0 Å². The smallest absolute Gasteiger partial charge is 0.230 e. The fourth-order valence-corrected chi connectivity index (χ4v) is 1.84. The molecule has 1 rings (SSSR count). The lowest BCUT2D eigenvalue weighted by Crippen LogP contribution is -2.42. The molecule has 1 unspecified atom stereocenters. The molecule has 1 fully saturated rings. The third-order valence-electron chi connectivity index (χ3n) is 2.63. The van der Waals surface area contributed by atoms with Gasteiger partial charge in [0.05, 0.1) is 0 Å². The minimum atomic E-state index is -0.340. The lowest BCUT2D eigenvalue weighted by Gasteiger charge is -2.24. The summed E-state index contributed by atoms with van der Waals surface area (Å²) in [7, 11) is 0. The predicted octanol–water partition coefficient (Wildman–Crippen LogP) is 1.72. The van der Waals surface area contributed by atoms with Gasteiger partial charge in [-0.3, -0.25) is 14.5 Å². The summed E-state index contributed by atoms with van der Waals surface area (Å²) in [5.41, 5.74) is 0. The molecule has 15 heavy (non-hydrogen) atoms. The second-order valence-electron chi connectivity index (χ2n) is 3.84. The Morgan fingerprint density at radius 1 is 1.33 bits per heavy atom. The van der Waals surface area contributed by atoms with Crippen LogP contribution in [0.15, 0.2) is 0 Å². The molecule has 1 atom stereocenters. The van der Waals surface area contributed by atoms with E-state index in [4.69, 9.17) is 6.42 Å². The van der Waals surface area contributed by atoms with Crippen molar-refractivity contribution in [1.29, 1.82) is 0 Å². The van der Waals surface area contributed by atoms with Gasteiger partial charge >= 0.3 is 0 Å². The van der Waals surface area contributed by atoms with Gasteiger partial charge < -0.3 is 0 Å². The Labute approximate surface area is 90.8 Å². The number of amides is 2. The molecule has 0 aromatic heterocycles. The summed E-state index contributed by atoms with van der Waals surface area (Å²) in [6.07, 6.45) is 9.45. The van der Waals surface area contributed by atoms with Crippen molar-refractivity contribution in [3.63, 3.8) is 0 Å². The Bertz CT molecular complexity index is 272. The average Bonchev–Trinajstić information content (AvgIpc) is 2.38. The Morgan fingerprint density at radius 3 is 2.27 bits per heavy atom. The van der Waals surface area contributed by atoms with Crippen molar-refractivity contribution >= 4 is 11.8 Å². The van der Waals surface area contributed by atoms with Gasteiger partial charge in [-0.1, -0.05) is 19.3 Å². The SMILES string of the molecule is C#CC(CCC)N1C(=O)CCCCC1=O. The maximum atomic E-state index is 11.7. The van der Waals surface area contributed by atoms with Crippen LogP contribution in [-0.2, 0) is 9.59 Å². The minimum absolute atomic E-state index is 0.103. The van der Waals surface area contributed by atoms with Gasteiger partial charge in [0.1, 0.15) is 6.04 Å². The van der Waals surface area contributed by atoms with Crippen molar-refractivity contribution in [3.8, 4) is 12.3 Å². The summed E-state index contributed by atoms with van der Waals surface area (Å²) in [4.78, 5) is 24.7. The van der Waals surface area contributed by atoms with E-state index in [-0.39, 0.29) is 17.9 Å². The highest BCUT2D eigenvalue weighted by atomic mass is 16.2. The molecule has 3 heteroatoms.